The highest BCUT2D eigenvalue weighted by Gasteiger charge is 2.33. The Labute approximate surface area is 106 Å². The molecule has 0 bridgehead atoms. The molecule has 3 heteroatoms. The van der Waals surface area contributed by atoms with Crippen molar-refractivity contribution in [3.63, 3.8) is 0 Å². The molecular weight excluding hydrogens is 212 g/mol. The van der Waals surface area contributed by atoms with Crippen LogP contribution in [-0.2, 0) is 0 Å². The molecular formula is C14H28N2O. The Hall–Kier alpha value is -0.120. The number of nitrogens with one attached hydrogen (secondary N) is 1. The highest BCUT2D eigenvalue weighted by molar-refractivity contribution is 4.89. The minimum atomic E-state index is -0.444. The van der Waals surface area contributed by atoms with Crippen molar-refractivity contribution in [1.82, 2.24) is 10.2 Å². The zero-order valence-corrected chi connectivity index (χ0v) is 11.4. The Morgan fingerprint density at radius 3 is 2.65 bits per heavy atom. The fraction of sp³-hybridized carbons (Fsp3) is 1.00. The Morgan fingerprint density at radius 2 is 2.00 bits per heavy atom. The van der Waals surface area contributed by atoms with E-state index in [1.807, 2.05) is 0 Å². The van der Waals surface area contributed by atoms with Crippen LogP contribution in [0.1, 0.15) is 45.4 Å². The summed E-state index contributed by atoms with van der Waals surface area (Å²) in [6, 6.07) is 0.692. The van der Waals surface area contributed by atoms with Crippen molar-refractivity contribution < 1.29 is 5.11 Å². The first-order valence-electron chi connectivity index (χ1n) is 7.22. The Balaban J connectivity index is 1.84. The summed E-state index contributed by atoms with van der Waals surface area (Å²) >= 11 is 0. The molecule has 1 saturated heterocycles. The highest BCUT2D eigenvalue weighted by Crippen LogP contribution is 2.28. The molecule has 2 rings (SSSR count). The van der Waals surface area contributed by atoms with Gasteiger partial charge in [-0.15, -0.1) is 0 Å². The van der Waals surface area contributed by atoms with Crippen LogP contribution in [0.3, 0.4) is 0 Å². The summed E-state index contributed by atoms with van der Waals surface area (Å²) in [6.07, 6.45) is 7.17. The lowest BCUT2D eigenvalue weighted by atomic mass is 9.85. The minimum Gasteiger partial charge on any atom is -0.388 e. The van der Waals surface area contributed by atoms with E-state index >= 15 is 0 Å². The first-order valence-corrected chi connectivity index (χ1v) is 7.22. The van der Waals surface area contributed by atoms with Crippen LogP contribution in [0.5, 0.6) is 0 Å². The van der Waals surface area contributed by atoms with Gasteiger partial charge in [-0.1, -0.05) is 19.8 Å². The second-order valence-electron chi connectivity index (χ2n) is 6.32. The molecule has 1 saturated carbocycles. The average Bonchev–Trinajstić information content (AvgIpc) is 2.29. The molecule has 1 heterocycles. The van der Waals surface area contributed by atoms with Gasteiger partial charge in [0.05, 0.1) is 5.60 Å². The van der Waals surface area contributed by atoms with Crippen LogP contribution in [-0.4, -0.2) is 48.3 Å². The van der Waals surface area contributed by atoms with E-state index in [1.165, 1.54) is 25.7 Å². The first-order chi connectivity index (χ1) is 8.09. The van der Waals surface area contributed by atoms with Crippen molar-refractivity contribution in [3.05, 3.63) is 0 Å². The fourth-order valence-electron chi connectivity index (χ4n) is 3.45. The lowest BCUT2D eigenvalue weighted by Crippen LogP contribution is -2.51. The van der Waals surface area contributed by atoms with Crippen molar-refractivity contribution in [1.29, 1.82) is 0 Å². The topological polar surface area (TPSA) is 35.5 Å². The predicted molar refractivity (Wildman–Crippen MR) is 71.1 cm³/mol. The number of rotatable bonds is 3. The molecule has 0 amide bonds. The predicted octanol–water partition coefficient (Wildman–Crippen LogP) is 1.61. The van der Waals surface area contributed by atoms with Gasteiger partial charge in [0.25, 0.3) is 0 Å². The minimum absolute atomic E-state index is 0.444. The fourth-order valence-corrected chi connectivity index (χ4v) is 3.45. The first kappa shape index (κ1) is 13.3. The molecule has 17 heavy (non-hydrogen) atoms. The van der Waals surface area contributed by atoms with E-state index in [4.69, 9.17) is 0 Å². The van der Waals surface area contributed by atoms with E-state index < -0.39 is 5.60 Å². The van der Waals surface area contributed by atoms with Gasteiger partial charge in [0.2, 0.25) is 0 Å². The summed E-state index contributed by atoms with van der Waals surface area (Å²) in [6.45, 7) is 5.14. The van der Waals surface area contributed by atoms with Gasteiger partial charge in [-0.05, 0) is 51.7 Å². The van der Waals surface area contributed by atoms with Gasteiger partial charge in [-0.25, -0.2) is 0 Å². The molecule has 100 valence electrons. The molecule has 0 radical (unpaired) electrons. The van der Waals surface area contributed by atoms with Gasteiger partial charge >= 0.3 is 0 Å². The number of piperidine rings is 1. The van der Waals surface area contributed by atoms with Crippen molar-refractivity contribution in [3.8, 4) is 0 Å². The molecule has 2 unspecified atom stereocenters. The van der Waals surface area contributed by atoms with Crippen LogP contribution in [0.2, 0.25) is 0 Å². The van der Waals surface area contributed by atoms with Gasteiger partial charge in [-0.2, -0.15) is 0 Å². The maximum absolute atomic E-state index is 10.6. The van der Waals surface area contributed by atoms with Gasteiger partial charge in [-0.3, -0.25) is 0 Å². The second-order valence-corrected chi connectivity index (χ2v) is 6.32. The van der Waals surface area contributed by atoms with Crippen molar-refractivity contribution >= 4 is 0 Å². The van der Waals surface area contributed by atoms with E-state index in [-0.39, 0.29) is 0 Å². The van der Waals surface area contributed by atoms with Gasteiger partial charge in [0.15, 0.2) is 0 Å². The molecule has 0 aromatic carbocycles. The van der Waals surface area contributed by atoms with E-state index in [0.717, 1.165) is 38.4 Å². The van der Waals surface area contributed by atoms with Crippen LogP contribution >= 0.6 is 0 Å². The third kappa shape index (κ3) is 3.67. The maximum atomic E-state index is 10.6. The third-order valence-corrected chi connectivity index (χ3v) is 4.61. The normalized spacial score (nSPS) is 33.9. The van der Waals surface area contributed by atoms with Crippen molar-refractivity contribution in [2.75, 3.05) is 26.7 Å². The molecule has 0 aromatic rings. The van der Waals surface area contributed by atoms with Gasteiger partial charge in [0, 0.05) is 12.6 Å². The SMILES string of the molecule is CC1CCCC(N(C)CC2(O)CCNCC2)C1. The zero-order valence-electron chi connectivity index (χ0n) is 11.4. The zero-order chi connectivity index (χ0) is 12.3. The Bertz CT molecular complexity index is 238. The smallest absolute Gasteiger partial charge is 0.0798 e. The number of nitrogens with zero attached hydrogens (tertiary/aromatic N) is 1. The van der Waals surface area contributed by atoms with E-state index in [2.05, 4.69) is 24.2 Å². The summed E-state index contributed by atoms with van der Waals surface area (Å²) < 4.78 is 0. The quantitative estimate of drug-likeness (QED) is 0.787. The van der Waals surface area contributed by atoms with Crippen molar-refractivity contribution in [2.24, 2.45) is 5.92 Å². The summed E-state index contributed by atoms with van der Waals surface area (Å²) in [7, 11) is 2.20. The van der Waals surface area contributed by atoms with E-state index in [1.54, 1.807) is 0 Å². The summed E-state index contributed by atoms with van der Waals surface area (Å²) in [5, 5.41) is 13.9. The maximum Gasteiger partial charge on any atom is 0.0798 e. The Morgan fingerprint density at radius 1 is 1.29 bits per heavy atom. The molecule has 0 aromatic heterocycles. The molecule has 1 aliphatic carbocycles. The number of hydrogen-bond donors (Lipinski definition) is 2. The molecule has 2 aliphatic rings. The Kier molecular flexibility index (Phi) is 4.45. The highest BCUT2D eigenvalue weighted by atomic mass is 16.3. The van der Waals surface area contributed by atoms with Gasteiger partial charge in [0.1, 0.15) is 0 Å². The number of hydrogen-bond acceptors (Lipinski definition) is 3. The average molecular weight is 240 g/mol. The lowest BCUT2D eigenvalue weighted by molar-refractivity contribution is -0.0291. The molecule has 0 spiro atoms. The summed E-state index contributed by atoms with van der Waals surface area (Å²) in [4.78, 5) is 2.42. The molecule has 2 atom stereocenters. The lowest BCUT2D eigenvalue weighted by Gasteiger charge is -2.41. The number of likely N-dealkylation sites (N-methyl/N-ethyl adjacent to an activating group) is 1. The van der Waals surface area contributed by atoms with Crippen LogP contribution in [0, 0.1) is 5.92 Å². The molecule has 1 aliphatic heterocycles. The molecule has 3 nitrogen and oxygen atoms in total. The van der Waals surface area contributed by atoms with Crippen LogP contribution in [0.4, 0.5) is 0 Å². The monoisotopic (exact) mass is 240 g/mol. The standard InChI is InChI=1S/C14H28N2O/c1-12-4-3-5-13(10-12)16(2)11-14(17)6-8-15-9-7-14/h12-13,15,17H,3-11H2,1-2H3. The molecule has 2 N–H and O–H groups in total. The summed E-state index contributed by atoms with van der Waals surface area (Å²) in [5.41, 5.74) is -0.444. The van der Waals surface area contributed by atoms with Crippen LogP contribution in [0.15, 0.2) is 0 Å². The largest absolute Gasteiger partial charge is 0.388 e. The third-order valence-electron chi connectivity index (χ3n) is 4.61. The van der Waals surface area contributed by atoms with Gasteiger partial charge < -0.3 is 15.3 Å². The second kappa shape index (κ2) is 5.68. The number of aliphatic hydroxyl groups is 1. The molecule has 2 fully saturated rings. The van der Waals surface area contributed by atoms with Crippen LogP contribution < -0.4 is 5.32 Å². The van der Waals surface area contributed by atoms with E-state index in [0.29, 0.717) is 6.04 Å². The summed E-state index contributed by atoms with van der Waals surface area (Å²) in [5.74, 6) is 0.860. The van der Waals surface area contributed by atoms with E-state index in [9.17, 15) is 5.11 Å². The van der Waals surface area contributed by atoms with Crippen molar-refractivity contribution in [2.45, 2.75) is 57.1 Å². The van der Waals surface area contributed by atoms with Crippen LogP contribution in [0.25, 0.3) is 0 Å².